The fourth-order valence-electron chi connectivity index (χ4n) is 2.87. The number of hydrogen-bond donors (Lipinski definition) is 1. The van der Waals surface area contributed by atoms with Crippen molar-refractivity contribution in [3.63, 3.8) is 0 Å². The van der Waals surface area contributed by atoms with E-state index in [0.29, 0.717) is 17.9 Å². The molecular formula is C15H30N2O. The molecule has 1 fully saturated rings. The number of carbonyl (C=O) groups is 1. The Morgan fingerprint density at radius 1 is 1.33 bits per heavy atom. The average molecular weight is 254 g/mol. The minimum Gasteiger partial charge on any atom is -0.342 e. The molecule has 3 nitrogen and oxygen atoms in total. The first kappa shape index (κ1) is 15.5. The van der Waals surface area contributed by atoms with Crippen LogP contribution in [0.4, 0.5) is 0 Å². The molecule has 106 valence electrons. The van der Waals surface area contributed by atoms with Gasteiger partial charge in [0.05, 0.1) is 0 Å². The van der Waals surface area contributed by atoms with Gasteiger partial charge in [0.1, 0.15) is 0 Å². The third kappa shape index (κ3) is 3.98. The Hall–Kier alpha value is -0.570. The molecule has 0 spiro atoms. The van der Waals surface area contributed by atoms with Crippen LogP contribution in [0.25, 0.3) is 0 Å². The van der Waals surface area contributed by atoms with Crippen molar-refractivity contribution in [3.05, 3.63) is 0 Å². The zero-order chi connectivity index (χ0) is 13.5. The zero-order valence-corrected chi connectivity index (χ0v) is 12.5. The lowest BCUT2D eigenvalue weighted by Crippen LogP contribution is -2.51. The summed E-state index contributed by atoms with van der Waals surface area (Å²) in [7, 11) is 0. The van der Waals surface area contributed by atoms with E-state index < -0.39 is 0 Å². The van der Waals surface area contributed by atoms with E-state index in [9.17, 15) is 4.79 Å². The Morgan fingerprint density at radius 2 is 2.00 bits per heavy atom. The highest BCUT2D eigenvalue weighted by molar-refractivity contribution is 5.78. The van der Waals surface area contributed by atoms with Gasteiger partial charge in [0.15, 0.2) is 0 Å². The Kier molecular flexibility index (Phi) is 6.69. The lowest BCUT2D eigenvalue weighted by Gasteiger charge is -2.38. The summed E-state index contributed by atoms with van der Waals surface area (Å²) >= 11 is 0. The third-order valence-electron chi connectivity index (χ3n) is 4.21. The summed E-state index contributed by atoms with van der Waals surface area (Å²) < 4.78 is 0. The number of hydrogen-bond acceptors (Lipinski definition) is 2. The van der Waals surface area contributed by atoms with Gasteiger partial charge < -0.3 is 10.2 Å². The summed E-state index contributed by atoms with van der Waals surface area (Å²) in [6.07, 6.45) is 4.22. The summed E-state index contributed by atoms with van der Waals surface area (Å²) in [5.41, 5.74) is 0. The van der Waals surface area contributed by atoms with Crippen molar-refractivity contribution in [1.82, 2.24) is 10.2 Å². The van der Waals surface area contributed by atoms with E-state index >= 15 is 0 Å². The van der Waals surface area contributed by atoms with Gasteiger partial charge in [-0.05, 0) is 38.1 Å². The van der Waals surface area contributed by atoms with Crippen molar-refractivity contribution in [2.75, 3.05) is 19.6 Å². The van der Waals surface area contributed by atoms with Crippen LogP contribution in [0.5, 0.6) is 0 Å². The van der Waals surface area contributed by atoms with Crippen molar-refractivity contribution in [1.29, 1.82) is 0 Å². The van der Waals surface area contributed by atoms with Gasteiger partial charge in [-0.1, -0.05) is 27.7 Å². The van der Waals surface area contributed by atoms with Crippen molar-refractivity contribution in [2.45, 2.75) is 59.4 Å². The fraction of sp³-hybridized carbons (Fsp3) is 0.933. The Bertz CT molecular complexity index is 251. The first-order chi connectivity index (χ1) is 8.63. The first-order valence-electron chi connectivity index (χ1n) is 7.66. The SMILES string of the molecule is CCCNC1CCN(C(=O)C(CC)CC)CC1C. The van der Waals surface area contributed by atoms with Gasteiger partial charge in [-0.25, -0.2) is 0 Å². The van der Waals surface area contributed by atoms with Crippen LogP contribution in [0.2, 0.25) is 0 Å². The minimum atomic E-state index is 0.234. The van der Waals surface area contributed by atoms with Crippen LogP contribution in [0, 0.1) is 11.8 Å². The monoisotopic (exact) mass is 254 g/mol. The second-order valence-electron chi connectivity index (χ2n) is 5.62. The fourth-order valence-corrected chi connectivity index (χ4v) is 2.87. The number of amides is 1. The molecule has 3 heteroatoms. The van der Waals surface area contributed by atoms with Gasteiger partial charge in [0.2, 0.25) is 5.91 Å². The molecule has 0 aromatic rings. The number of nitrogens with zero attached hydrogens (tertiary/aromatic N) is 1. The summed E-state index contributed by atoms with van der Waals surface area (Å²) in [4.78, 5) is 14.4. The smallest absolute Gasteiger partial charge is 0.225 e. The standard InChI is InChI=1S/C15H30N2O/c1-5-9-16-14-8-10-17(11-12(14)4)15(18)13(6-2)7-3/h12-14,16H,5-11H2,1-4H3. The van der Waals surface area contributed by atoms with E-state index in [-0.39, 0.29) is 5.92 Å². The van der Waals surface area contributed by atoms with Crippen LogP contribution >= 0.6 is 0 Å². The maximum atomic E-state index is 12.3. The molecule has 0 aromatic heterocycles. The van der Waals surface area contributed by atoms with Crippen LogP contribution in [0.15, 0.2) is 0 Å². The number of carbonyl (C=O) groups excluding carboxylic acids is 1. The highest BCUT2D eigenvalue weighted by atomic mass is 16.2. The molecule has 18 heavy (non-hydrogen) atoms. The molecule has 1 amide bonds. The quantitative estimate of drug-likeness (QED) is 0.790. The Morgan fingerprint density at radius 3 is 2.50 bits per heavy atom. The predicted octanol–water partition coefficient (Wildman–Crippen LogP) is 2.66. The van der Waals surface area contributed by atoms with Gasteiger partial charge in [0.25, 0.3) is 0 Å². The second kappa shape index (κ2) is 7.78. The maximum Gasteiger partial charge on any atom is 0.225 e. The van der Waals surface area contributed by atoms with Crippen molar-refractivity contribution in [3.8, 4) is 0 Å². The van der Waals surface area contributed by atoms with E-state index in [1.165, 1.54) is 6.42 Å². The highest BCUT2D eigenvalue weighted by Gasteiger charge is 2.30. The normalized spacial score (nSPS) is 24.6. The van der Waals surface area contributed by atoms with E-state index in [2.05, 4.69) is 37.9 Å². The Labute approximate surface area is 112 Å². The van der Waals surface area contributed by atoms with Gasteiger partial charge >= 0.3 is 0 Å². The van der Waals surface area contributed by atoms with Crippen molar-refractivity contribution in [2.24, 2.45) is 11.8 Å². The topological polar surface area (TPSA) is 32.3 Å². The molecule has 0 saturated carbocycles. The molecule has 2 unspecified atom stereocenters. The van der Waals surface area contributed by atoms with Crippen LogP contribution in [-0.2, 0) is 4.79 Å². The maximum absolute atomic E-state index is 12.3. The lowest BCUT2D eigenvalue weighted by atomic mass is 9.92. The minimum absolute atomic E-state index is 0.234. The van der Waals surface area contributed by atoms with E-state index in [1.54, 1.807) is 0 Å². The van der Waals surface area contributed by atoms with Gasteiger partial charge in [-0.2, -0.15) is 0 Å². The number of nitrogens with one attached hydrogen (secondary N) is 1. The van der Waals surface area contributed by atoms with Crippen LogP contribution in [0.1, 0.15) is 53.4 Å². The van der Waals surface area contributed by atoms with Crippen LogP contribution in [0.3, 0.4) is 0 Å². The molecule has 1 saturated heterocycles. The average Bonchev–Trinajstić information content (AvgIpc) is 2.38. The van der Waals surface area contributed by atoms with Crippen molar-refractivity contribution < 1.29 is 4.79 Å². The molecule has 0 bridgehead atoms. The van der Waals surface area contributed by atoms with Gasteiger partial charge in [-0.3, -0.25) is 4.79 Å². The summed E-state index contributed by atoms with van der Waals surface area (Å²) in [6.45, 7) is 11.6. The largest absolute Gasteiger partial charge is 0.342 e. The molecular weight excluding hydrogens is 224 g/mol. The molecule has 1 heterocycles. The van der Waals surface area contributed by atoms with E-state index in [1.807, 2.05) is 0 Å². The van der Waals surface area contributed by atoms with Gasteiger partial charge in [0, 0.05) is 25.0 Å². The Balaban J connectivity index is 2.47. The molecule has 1 N–H and O–H groups in total. The first-order valence-corrected chi connectivity index (χ1v) is 7.66. The summed E-state index contributed by atoms with van der Waals surface area (Å²) in [5, 5.41) is 3.60. The number of likely N-dealkylation sites (tertiary alicyclic amines) is 1. The van der Waals surface area contributed by atoms with Crippen molar-refractivity contribution >= 4 is 5.91 Å². The third-order valence-corrected chi connectivity index (χ3v) is 4.21. The number of piperidine rings is 1. The molecule has 0 radical (unpaired) electrons. The highest BCUT2D eigenvalue weighted by Crippen LogP contribution is 2.20. The summed E-state index contributed by atoms with van der Waals surface area (Å²) in [5.74, 6) is 1.18. The zero-order valence-electron chi connectivity index (χ0n) is 12.5. The molecule has 1 aliphatic heterocycles. The van der Waals surface area contributed by atoms with Gasteiger partial charge in [-0.15, -0.1) is 0 Å². The molecule has 0 aliphatic carbocycles. The number of rotatable bonds is 6. The van der Waals surface area contributed by atoms with E-state index in [0.717, 1.165) is 38.9 Å². The van der Waals surface area contributed by atoms with E-state index in [4.69, 9.17) is 0 Å². The van der Waals surface area contributed by atoms with Crippen LogP contribution < -0.4 is 5.32 Å². The molecule has 2 atom stereocenters. The predicted molar refractivity (Wildman–Crippen MR) is 76.5 cm³/mol. The molecule has 1 rings (SSSR count). The molecule has 0 aromatic carbocycles. The lowest BCUT2D eigenvalue weighted by molar-refractivity contribution is -0.137. The summed E-state index contributed by atoms with van der Waals surface area (Å²) in [6, 6.07) is 0.593. The second-order valence-corrected chi connectivity index (χ2v) is 5.62. The van der Waals surface area contributed by atoms with Crippen LogP contribution in [-0.4, -0.2) is 36.5 Å². The molecule has 1 aliphatic rings.